The van der Waals surface area contributed by atoms with E-state index in [1.54, 1.807) is 16.2 Å². The van der Waals surface area contributed by atoms with Gasteiger partial charge in [0.25, 0.3) is 0 Å². The van der Waals surface area contributed by atoms with Gasteiger partial charge in [0.15, 0.2) is 0 Å². The van der Waals surface area contributed by atoms with E-state index in [0.29, 0.717) is 19.6 Å². The standard InChI is InChI=1S/C13H18N4O2.ClH/c1-16-10-4-2-3-5-11(10)17(13(16)19)9-6-12(18)15-8-7-14;/h2-5H,6-9,14H2,1H3,(H,15,18);1H. The fraction of sp³-hybridized carbons (Fsp3) is 0.385. The Morgan fingerprint density at radius 2 is 1.95 bits per heavy atom. The first-order valence-corrected chi connectivity index (χ1v) is 6.26. The molecule has 1 heterocycles. The second kappa shape index (κ2) is 7.12. The van der Waals surface area contributed by atoms with Crippen molar-refractivity contribution in [3.8, 4) is 0 Å². The molecule has 2 aromatic rings. The molecule has 0 bridgehead atoms. The van der Waals surface area contributed by atoms with E-state index in [0.717, 1.165) is 11.0 Å². The number of benzene rings is 1. The van der Waals surface area contributed by atoms with E-state index < -0.39 is 0 Å². The summed E-state index contributed by atoms with van der Waals surface area (Å²) in [4.78, 5) is 23.6. The van der Waals surface area contributed by atoms with E-state index in [-0.39, 0.29) is 30.4 Å². The summed E-state index contributed by atoms with van der Waals surface area (Å²) in [5.74, 6) is -0.0923. The molecule has 0 aliphatic heterocycles. The SMILES string of the molecule is Cl.Cn1c(=O)n(CCC(=O)NCCN)c2ccccc21. The first-order valence-electron chi connectivity index (χ1n) is 6.26. The van der Waals surface area contributed by atoms with Crippen LogP contribution < -0.4 is 16.7 Å². The topological polar surface area (TPSA) is 82.0 Å². The van der Waals surface area contributed by atoms with Crippen molar-refractivity contribution in [2.45, 2.75) is 13.0 Å². The molecule has 0 saturated heterocycles. The van der Waals surface area contributed by atoms with E-state index >= 15 is 0 Å². The maximum atomic E-state index is 12.1. The van der Waals surface area contributed by atoms with Crippen molar-refractivity contribution in [1.82, 2.24) is 14.5 Å². The molecule has 6 nitrogen and oxygen atoms in total. The van der Waals surface area contributed by atoms with E-state index in [1.165, 1.54) is 0 Å². The summed E-state index contributed by atoms with van der Waals surface area (Å²) in [6, 6.07) is 7.54. The van der Waals surface area contributed by atoms with E-state index in [9.17, 15) is 9.59 Å². The average molecular weight is 299 g/mol. The van der Waals surface area contributed by atoms with Crippen LogP contribution in [0.1, 0.15) is 6.42 Å². The number of nitrogens with one attached hydrogen (secondary N) is 1. The molecule has 0 unspecified atom stereocenters. The third-order valence-electron chi connectivity index (χ3n) is 3.08. The Labute approximate surface area is 123 Å². The molecule has 110 valence electrons. The number of hydrogen-bond acceptors (Lipinski definition) is 3. The predicted octanol–water partition coefficient (Wildman–Crippen LogP) is 0.227. The fourth-order valence-electron chi connectivity index (χ4n) is 2.09. The average Bonchev–Trinajstić information content (AvgIpc) is 2.67. The van der Waals surface area contributed by atoms with Crippen LogP contribution >= 0.6 is 12.4 Å². The molecular formula is C13H19ClN4O2. The van der Waals surface area contributed by atoms with Crippen LogP contribution in [0.4, 0.5) is 0 Å². The monoisotopic (exact) mass is 298 g/mol. The van der Waals surface area contributed by atoms with Crippen molar-refractivity contribution in [1.29, 1.82) is 0 Å². The normalized spacial score (nSPS) is 10.3. The van der Waals surface area contributed by atoms with Crippen LogP contribution in [0, 0.1) is 0 Å². The number of fused-ring (bicyclic) bond motifs is 1. The molecule has 0 radical (unpaired) electrons. The lowest BCUT2D eigenvalue weighted by Gasteiger charge is -2.04. The van der Waals surface area contributed by atoms with Crippen LogP contribution in [-0.4, -0.2) is 28.1 Å². The van der Waals surface area contributed by atoms with Crippen LogP contribution in [0.3, 0.4) is 0 Å². The molecule has 7 heteroatoms. The molecule has 3 N–H and O–H groups in total. The molecule has 0 aliphatic carbocycles. The van der Waals surface area contributed by atoms with Crippen LogP contribution in [-0.2, 0) is 18.4 Å². The molecule has 0 saturated carbocycles. The Morgan fingerprint density at radius 1 is 1.30 bits per heavy atom. The zero-order valence-electron chi connectivity index (χ0n) is 11.3. The number of carbonyl (C=O) groups is 1. The number of nitrogens with zero attached hydrogens (tertiary/aromatic N) is 2. The van der Waals surface area contributed by atoms with Gasteiger partial charge in [0, 0.05) is 33.1 Å². The van der Waals surface area contributed by atoms with Gasteiger partial charge in [-0.3, -0.25) is 13.9 Å². The van der Waals surface area contributed by atoms with Crippen molar-refractivity contribution in [2.75, 3.05) is 13.1 Å². The number of hydrogen-bond donors (Lipinski definition) is 2. The second-order valence-electron chi connectivity index (χ2n) is 4.37. The quantitative estimate of drug-likeness (QED) is 0.829. The van der Waals surface area contributed by atoms with Gasteiger partial charge in [-0.05, 0) is 12.1 Å². The summed E-state index contributed by atoms with van der Waals surface area (Å²) < 4.78 is 3.21. The smallest absolute Gasteiger partial charge is 0.328 e. The van der Waals surface area contributed by atoms with Crippen molar-refractivity contribution >= 4 is 29.3 Å². The molecule has 0 spiro atoms. The summed E-state index contributed by atoms with van der Waals surface area (Å²) in [7, 11) is 1.73. The van der Waals surface area contributed by atoms with Crippen LogP contribution in [0.25, 0.3) is 11.0 Å². The van der Waals surface area contributed by atoms with Crippen molar-refractivity contribution in [3.05, 3.63) is 34.7 Å². The summed E-state index contributed by atoms with van der Waals surface area (Å²) in [5.41, 5.74) is 6.93. The number of carbonyl (C=O) groups excluding carboxylic acids is 1. The number of aromatic nitrogens is 2. The van der Waals surface area contributed by atoms with Gasteiger partial charge in [0.2, 0.25) is 5.91 Å². The second-order valence-corrected chi connectivity index (χ2v) is 4.37. The Bertz CT molecular complexity index is 647. The number of halogens is 1. The molecule has 1 aromatic carbocycles. The fourth-order valence-corrected chi connectivity index (χ4v) is 2.09. The number of rotatable bonds is 5. The van der Waals surface area contributed by atoms with E-state index in [4.69, 9.17) is 5.73 Å². The van der Waals surface area contributed by atoms with Gasteiger partial charge in [0.05, 0.1) is 11.0 Å². The molecule has 1 amide bonds. The highest BCUT2D eigenvalue weighted by Gasteiger charge is 2.10. The number of para-hydroxylation sites is 2. The maximum absolute atomic E-state index is 12.1. The number of aryl methyl sites for hydroxylation is 2. The van der Waals surface area contributed by atoms with Gasteiger partial charge in [-0.2, -0.15) is 0 Å². The van der Waals surface area contributed by atoms with Crippen molar-refractivity contribution in [3.63, 3.8) is 0 Å². The lowest BCUT2D eigenvalue weighted by atomic mass is 10.3. The molecular weight excluding hydrogens is 280 g/mol. The third-order valence-corrected chi connectivity index (χ3v) is 3.08. The number of nitrogens with two attached hydrogens (primary N) is 1. The van der Waals surface area contributed by atoms with E-state index in [1.807, 2.05) is 24.3 Å². The predicted molar refractivity (Wildman–Crippen MR) is 81.1 cm³/mol. The highest BCUT2D eigenvalue weighted by atomic mass is 35.5. The Kier molecular flexibility index (Phi) is 5.79. The Morgan fingerprint density at radius 3 is 2.60 bits per heavy atom. The first-order chi connectivity index (χ1) is 9.15. The molecule has 0 aliphatic rings. The van der Waals surface area contributed by atoms with Gasteiger partial charge in [0.1, 0.15) is 0 Å². The number of amides is 1. The largest absolute Gasteiger partial charge is 0.355 e. The van der Waals surface area contributed by atoms with Gasteiger partial charge in [-0.1, -0.05) is 12.1 Å². The van der Waals surface area contributed by atoms with Crippen LogP contribution in [0.5, 0.6) is 0 Å². The van der Waals surface area contributed by atoms with Gasteiger partial charge < -0.3 is 11.1 Å². The highest BCUT2D eigenvalue weighted by Crippen LogP contribution is 2.11. The molecule has 0 fully saturated rings. The molecule has 2 rings (SSSR count). The Balaban J connectivity index is 0.00000200. The van der Waals surface area contributed by atoms with Crippen molar-refractivity contribution < 1.29 is 4.79 Å². The minimum absolute atomic E-state index is 0. The Hall–Kier alpha value is -1.79. The summed E-state index contributed by atoms with van der Waals surface area (Å²) in [6.07, 6.45) is 0.272. The highest BCUT2D eigenvalue weighted by molar-refractivity contribution is 5.85. The van der Waals surface area contributed by atoms with Gasteiger partial charge in [-0.15, -0.1) is 12.4 Å². The minimum Gasteiger partial charge on any atom is -0.355 e. The number of imidazole rings is 1. The lowest BCUT2D eigenvalue weighted by Crippen LogP contribution is -2.31. The summed E-state index contributed by atoms with van der Waals surface area (Å²) in [6.45, 7) is 1.25. The van der Waals surface area contributed by atoms with E-state index in [2.05, 4.69) is 5.32 Å². The third kappa shape index (κ3) is 3.20. The van der Waals surface area contributed by atoms with Crippen LogP contribution in [0.2, 0.25) is 0 Å². The zero-order valence-corrected chi connectivity index (χ0v) is 12.2. The molecule has 0 atom stereocenters. The molecule has 20 heavy (non-hydrogen) atoms. The van der Waals surface area contributed by atoms with Gasteiger partial charge >= 0.3 is 5.69 Å². The zero-order chi connectivity index (χ0) is 13.8. The summed E-state index contributed by atoms with van der Waals surface area (Å²) in [5, 5.41) is 2.69. The summed E-state index contributed by atoms with van der Waals surface area (Å²) >= 11 is 0. The van der Waals surface area contributed by atoms with Crippen LogP contribution in [0.15, 0.2) is 29.1 Å². The minimum atomic E-state index is -0.104. The lowest BCUT2D eigenvalue weighted by molar-refractivity contribution is -0.121. The maximum Gasteiger partial charge on any atom is 0.328 e. The first kappa shape index (κ1) is 16.3. The van der Waals surface area contributed by atoms with Gasteiger partial charge in [-0.25, -0.2) is 4.79 Å². The molecule has 1 aromatic heterocycles. The van der Waals surface area contributed by atoms with Crippen molar-refractivity contribution in [2.24, 2.45) is 12.8 Å².